The first-order chi connectivity index (χ1) is 8.36. The summed E-state index contributed by atoms with van der Waals surface area (Å²) in [4.78, 5) is 10.9. The number of hydrogen-bond acceptors (Lipinski definition) is 3. The molecule has 0 saturated carbocycles. The lowest BCUT2D eigenvalue weighted by Crippen LogP contribution is -2.35. The Hall–Kier alpha value is -0.120. The van der Waals surface area contributed by atoms with E-state index in [0.29, 0.717) is 12.2 Å². The van der Waals surface area contributed by atoms with Gasteiger partial charge in [-0.25, -0.2) is 9.78 Å². The van der Waals surface area contributed by atoms with Gasteiger partial charge < -0.3 is 4.74 Å². The van der Waals surface area contributed by atoms with Crippen LogP contribution in [0.5, 0.6) is 0 Å². The molecule has 17 heavy (non-hydrogen) atoms. The molecule has 2 aliphatic rings. The Labute approximate surface area is 105 Å². The number of ether oxygens (including phenoxy) is 1. The molecule has 3 nitrogen and oxygen atoms in total. The van der Waals surface area contributed by atoms with Gasteiger partial charge in [-0.2, -0.15) is 0 Å². The maximum atomic E-state index is 5.68. The lowest BCUT2D eigenvalue weighted by atomic mass is 10.0. The van der Waals surface area contributed by atoms with E-state index in [9.17, 15) is 0 Å². The van der Waals surface area contributed by atoms with Crippen LogP contribution in [-0.2, 0) is 14.5 Å². The topological polar surface area (TPSA) is 31.0 Å². The van der Waals surface area contributed by atoms with Crippen molar-refractivity contribution in [2.45, 2.75) is 89.6 Å². The van der Waals surface area contributed by atoms with Gasteiger partial charge in [0, 0.05) is 0 Å². The van der Waals surface area contributed by atoms with Gasteiger partial charge in [-0.3, -0.25) is 0 Å². The highest BCUT2D eigenvalue weighted by Gasteiger charge is 2.54. The fourth-order valence-corrected chi connectivity index (χ4v) is 2.65. The molecule has 2 rings (SSSR count). The van der Waals surface area contributed by atoms with Gasteiger partial charge in [0.2, 0.25) is 0 Å². The van der Waals surface area contributed by atoms with E-state index in [1.54, 1.807) is 0 Å². The highest BCUT2D eigenvalue weighted by molar-refractivity contribution is 4.97. The summed E-state index contributed by atoms with van der Waals surface area (Å²) in [6.45, 7) is 4.41. The molecule has 0 N–H and O–H groups in total. The molecule has 2 fully saturated rings. The first-order valence-corrected chi connectivity index (χ1v) is 7.34. The zero-order chi connectivity index (χ0) is 12.1. The van der Waals surface area contributed by atoms with Crippen LogP contribution in [-0.4, -0.2) is 24.4 Å². The smallest absolute Gasteiger partial charge is 0.122 e. The number of epoxide rings is 1. The fourth-order valence-electron chi connectivity index (χ4n) is 2.65. The summed E-state index contributed by atoms with van der Waals surface area (Å²) >= 11 is 0. The Morgan fingerprint density at radius 1 is 0.706 bits per heavy atom. The second kappa shape index (κ2) is 6.72. The highest BCUT2D eigenvalue weighted by atomic mass is 17.2. The largest absolute Gasteiger partial charge is 0.364 e. The number of fused-ring (bicyclic) bond motifs is 1. The minimum Gasteiger partial charge on any atom is -0.364 e. The second-order valence-corrected chi connectivity index (χ2v) is 5.33. The Kier molecular flexibility index (Phi) is 5.26. The van der Waals surface area contributed by atoms with Crippen molar-refractivity contribution in [1.29, 1.82) is 0 Å². The number of hydrogen-bond donors (Lipinski definition) is 0. The van der Waals surface area contributed by atoms with Crippen LogP contribution in [0.2, 0.25) is 0 Å². The molecule has 0 spiro atoms. The Balaban J connectivity index is 1.59. The van der Waals surface area contributed by atoms with Crippen molar-refractivity contribution in [2.75, 3.05) is 0 Å². The average molecular weight is 242 g/mol. The molecule has 2 aliphatic heterocycles. The minimum absolute atomic E-state index is 0.182. The van der Waals surface area contributed by atoms with Crippen molar-refractivity contribution < 1.29 is 14.5 Å². The lowest BCUT2D eigenvalue weighted by Gasteiger charge is -2.24. The molecule has 3 heteroatoms. The summed E-state index contributed by atoms with van der Waals surface area (Å²) in [6, 6.07) is 0. The maximum Gasteiger partial charge on any atom is 0.122 e. The first kappa shape index (κ1) is 13.3. The minimum atomic E-state index is 0.182. The van der Waals surface area contributed by atoms with Crippen LogP contribution < -0.4 is 0 Å². The van der Waals surface area contributed by atoms with Gasteiger partial charge in [0.05, 0.1) is 0 Å². The van der Waals surface area contributed by atoms with Crippen LogP contribution >= 0.6 is 0 Å². The van der Waals surface area contributed by atoms with Gasteiger partial charge in [0.15, 0.2) is 0 Å². The zero-order valence-electron chi connectivity index (χ0n) is 11.2. The molecule has 0 aliphatic carbocycles. The molecule has 2 saturated heterocycles. The summed E-state index contributed by atoms with van der Waals surface area (Å²) in [6.07, 6.45) is 10.8. The van der Waals surface area contributed by atoms with E-state index in [1.165, 1.54) is 32.1 Å². The van der Waals surface area contributed by atoms with Crippen molar-refractivity contribution in [2.24, 2.45) is 0 Å². The van der Waals surface area contributed by atoms with E-state index in [-0.39, 0.29) is 12.2 Å². The van der Waals surface area contributed by atoms with Crippen molar-refractivity contribution in [3.05, 3.63) is 0 Å². The van der Waals surface area contributed by atoms with E-state index in [0.717, 1.165) is 19.3 Å². The highest BCUT2D eigenvalue weighted by Crippen LogP contribution is 2.39. The summed E-state index contributed by atoms with van der Waals surface area (Å²) in [5.41, 5.74) is 0. The van der Waals surface area contributed by atoms with Crippen molar-refractivity contribution >= 4 is 0 Å². The Morgan fingerprint density at radius 2 is 1.35 bits per heavy atom. The molecule has 0 amide bonds. The van der Waals surface area contributed by atoms with E-state index in [4.69, 9.17) is 14.5 Å². The normalized spacial score (nSPS) is 35.6. The molecule has 0 unspecified atom stereocenters. The summed E-state index contributed by atoms with van der Waals surface area (Å²) < 4.78 is 5.68. The first-order valence-electron chi connectivity index (χ1n) is 7.34. The third kappa shape index (κ3) is 3.67. The predicted octanol–water partition coefficient (Wildman–Crippen LogP) is 3.61. The van der Waals surface area contributed by atoms with Crippen LogP contribution in [0.15, 0.2) is 0 Å². The molecular formula is C14H26O3. The molecule has 0 radical (unpaired) electrons. The third-order valence-electron chi connectivity index (χ3n) is 3.76. The van der Waals surface area contributed by atoms with Crippen molar-refractivity contribution in [1.82, 2.24) is 0 Å². The van der Waals surface area contributed by atoms with Crippen LogP contribution in [0.25, 0.3) is 0 Å². The fraction of sp³-hybridized carbons (Fsp3) is 1.00. The average Bonchev–Trinajstić information content (AvgIpc) is 3.12. The summed E-state index contributed by atoms with van der Waals surface area (Å²) in [5.74, 6) is 0. The van der Waals surface area contributed by atoms with E-state index < -0.39 is 0 Å². The van der Waals surface area contributed by atoms with Crippen molar-refractivity contribution in [3.63, 3.8) is 0 Å². The van der Waals surface area contributed by atoms with Crippen LogP contribution in [0, 0.1) is 0 Å². The van der Waals surface area contributed by atoms with Gasteiger partial charge in [0.1, 0.15) is 24.4 Å². The van der Waals surface area contributed by atoms with Crippen LogP contribution in [0.4, 0.5) is 0 Å². The van der Waals surface area contributed by atoms with Gasteiger partial charge in [-0.05, 0) is 12.8 Å². The SMILES string of the molecule is CCCCCCC[C@@H]1OO[C@H](CCC)[C@@H]2O[C@@H]21. The molecule has 4 atom stereocenters. The van der Waals surface area contributed by atoms with Gasteiger partial charge in [-0.15, -0.1) is 0 Å². The molecule has 0 aromatic carbocycles. The van der Waals surface area contributed by atoms with Gasteiger partial charge in [-0.1, -0.05) is 52.4 Å². The summed E-state index contributed by atoms with van der Waals surface area (Å²) in [7, 11) is 0. The van der Waals surface area contributed by atoms with E-state index in [1.807, 2.05) is 0 Å². The van der Waals surface area contributed by atoms with Gasteiger partial charge >= 0.3 is 0 Å². The third-order valence-corrected chi connectivity index (χ3v) is 3.76. The standard InChI is InChI=1S/C14H26O3/c1-3-5-6-7-8-10-12-14-13(15-14)11(9-4-2)16-17-12/h11-14H,3-10H2,1-2H3/t11-,12+,13+,14-/m1/s1. The Bertz CT molecular complexity index is 220. The van der Waals surface area contributed by atoms with Crippen molar-refractivity contribution in [3.8, 4) is 0 Å². The summed E-state index contributed by atoms with van der Waals surface area (Å²) in [5, 5.41) is 0. The molecule has 0 aromatic heterocycles. The molecule has 2 heterocycles. The van der Waals surface area contributed by atoms with Crippen LogP contribution in [0.3, 0.4) is 0 Å². The van der Waals surface area contributed by atoms with E-state index in [2.05, 4.69) is 13.8 Å². The number of unbranched alkanes of at least 4 members (excludes halogenated alkanes) is 4. The Morgan fingerprint density at radius 3 is 2.00 bits per heavy atom. The molecule has 100 valence electrons. The van der Waals surface area contributed by atoms with Crippen LogP contribution in [0.1, 0.15) is 65.2 Å². The van der Waals surface area contributed by atoms with E-state index >= 15 is 0 Å². The monoisotopic (exact) mass is 242 g/mol. The molecule has 0 bridgehead atoms. The molecule has 0 aromatic rings. The number of rotatable bonds is 8. The maximum absolute atomic E-state index is 5.68. The zero-order valence-corrected chi connectivity index (χ0v) is 11.2. The molecular weight excluding hydrogens is 216 g/mol. The van der Waals surface area contributed by atoms with Gasteiger partial charge in [0.25, 0.3) is 0 Å². The quantitative estimate of drug-likeness (QED) is 0.370. The second-order valence-electron chi connectivity index (χ2n) is 5.33. The lowest BCUT2D eigenvalue weighted by molar-refractivity contribution is -0.366. The predicted molar refractivity (Wildman–Crippen MR) is 66.7 cm³/mol.